The number of aromatic amines is 1. The molecule has 2 heterocycles. The molecule has 0 radical (unpaired) electrons. The van der Waals surface area contributed by atoms with Gasteiger partial charge in [0.1, 0.15) is 0 Å². The number of nitrogens with two attached hydrogens (primary N) is 1. The highest BCUT2D eigenvalue weighted by Gasteiger charge is 2.09. The maximum Gasteiger partial charge on any atom is 0.171 e. The van der Waals surface area contributed by atoms with Crippen LogP contribution in [0.4, 0.5) is 5.69 Å². The second-order valence-electron chi connectivity index (χ2n) is 4.71. The summed E-state index contributed by atoms with van der Waals surface area (Å²) in [5, 5.41) is 1.91. The summed E-state index contributed by atoms with van der Waals surface area (Å²) in [6.07, 6.45) is 1.76. The fraction of sp³-hybridized carbons (Fsp3) is 0. The number of anilines is 1. The van der Waals surface area contributed by atoms with Crippen LogP contribution >= 0.6 is 11.8 Å². The van der Waals surface area contributed by atoms with Crippen molar-refractivity contribution in [2.45, 2.75) is 10.1 Å². The summed E-state index contributed by atoms with van der Waals surface area (Å²) in [5.74, 6) is 0. The Kier molecular flexibility index (Phi) is 2.79. The lowest BCUT2D eigenvalue weighted by molar-refractivity contribution is 1.08. The van der Waals surface area contributed by atoms with Crippen LogP contribution in [0.2, 0.25) is 0 Å². The van der Waals surface area contributed by atoms with Crippen LogP contribution in [0.15, 0.2) is 64.8 Å². The minimum absolute atomic E-state index is 0.694. The van der Waals surface area contributed by atoms with Crippen LogP contribution < -0.4 is 5.73 Å². The number of benzene rings is 2. The van der Waals surface area contributed by atoms with Gasteiger partial charge in [-0.1, -0.05) is 30.0 Å². The summed E-state index contributed by atoms with van der Waals surface area (Å²) in [7, 11) is 0. The largest absolute Gasteiger partial charge is 0.397 e. The molecule has 0 aliphatic heterocycles. The van der Waals surface area contributed by atoms with Crippen LogP contribution in [0.1, 0.15) is 0 Å². The first kappa shape index (κ1) is 12.2. The number of pyridine rings is 1. The maximum atomic E-state index is 5.98. The molecule has 0 atom stereocenters. The fourth-order valence-corrected chi connectivity index (χ4v) is 3.26. The van der Waals surface area contributed by atoms with E-state index < -0.39 is 0 Å². The van der Waals surface area contributed by atoms with Crippen molar-refractivity contribution in [2.75, 3.05) is 5.73 Å². The summed E-state index contributed by atoms with van der Waals surface area (Å²) in [6, 6.07) is 15.9. The Morgan fingerprint density at radius 3 is 2.81 bits per heavy atom. The predicted octanol–water partition coefficient (Wildman–Crippen LogP) is 3.84. The Bertz CT molecular complexity index is 912. The maximum absolute atomic E-state index is 5.98. The molecular formula is C16H12N4S. The molecule has 0 spiro atoms. The van der Waals surface area contributed by atoms with E-state index in [0.29, 0.717) is 5.69 Å². The lowest BCUT2D eigenvalue weighted by atomic mass is 10.2. The van der Waals surface area contributed by atoms with Gasteiger partial charge < -0.3 is 10.7 Å². The first-order chi connectivity index (χ1) is 10.3. The number of hydrogen-bond acceptors (Lipinski definition) is 4. The lowest BCUT2D eigenvalue weighted by Crippen LogP contribution is -1.90. The molecule has 0 fully saturated rings. The number of H-pyrrole nitrogens is 1. The molecule has 21 heavy (non-hydrogen) atoms. The number of nitrogens with zero attached hydrogens (tertiary/aromatic N) is 2. The van der Waals surface area contributed by atoms with Gasteiger partial charge in [-0.15, -0.1) is 0 Å². The minimum Gasteiger partial charge on any atom is -0.397 e. The van der Waals surface area contributed by atoms with Crippen molar-refractivity contribution in [3.8, 4) is 0 Å². The fourth-order valence-electron chi connectivity index (χ4n) is 2.34. The van der Waals surface area contributed by atoms with Crippen LogP contribution in [0.5, 0.6) is 0 Å². The molecule has 0 saturated carbocycles. The normalized spacial score (nSPS) is 11.2. The monoisotopic (exact) mass is 292 g/mol. The summed E-state index contributed by atoms with van der Waals surface area (Å²) < 4.78 is 0. The van der Waals surface area contributed by atoms with Crippen molar-refractivity contribution in [1.82, 2.24) is 15.0 Å². The lowest BCUT2D eigenvalue weighted by Gasteiger charge is -2.05. The Morgan fingerprint density at radius 2 is 1.90 bits per heavy atom. The van der Waals surface area contributed by atoms with Gasteiger partial charge in [-0.3, -0.25) is 4.98 Å². The summed E-state index contributed by atoms with van der Waals surface area (Å²) in [4.78, 5) is 13.4. The van der Waals surface area contributed by atoms with E-state index in [1.807, 2.05) is 48.5 Å². The van der Waals surface area contributed by atoms with E-state index in [1.165, 1.54) is 0 Å². The summed E-state index contributed by atoms with van der Waals surface area (Å²) in [5.41, 5.74) is 9.52. The van der Waals surface area contributed by atoms with Gasteiger partial charge in [0.15, 0.2) is 5.16 Å². The molecule has 102 valence electrons. The molecule has 0 amide bonds. The van der Waals surface area contributed by atoms with Gasteiger partial charge in [0, 0.05) is 16.5 Å². The van der Waals surface area contributed by atoms with Crippen LogP contribution in [-0.2, 0) is 0 Å². The number of hydrogen-bond donors (Lipinski definition) is 2. The van der Waals surface area contributed by atoms with Gasteiger partial charge in [-0.25, -0.2) is 4.98 Å². The highest BCUT2D eigenvalue weighted by atomic mass is 32.2. The van der Waals surface area contributed by atoms with E-state index in [9.17, 15) is 0 Å². The standard InChI is InChI=1S/C16H12N4S/c17-11-7-8-14(10-4-3-9-18-15(10)11)21-16-19-12-5-1-2-6-13(12)20-16/h1-9H,17H2,(H,19,20). The number of rotatable bonds is 2. The van der Waals surface area contributed by atoms with E-state index in [4.69, 9.17) is 5.73 Å². The van der Waals surface area contributed by atoms with Crippen LogP contribution in [0, 0.1) is 0 Å². The van der Waals surface area contributed by atoms with Gasteiger partial charge in [-0.05, 0) is 30.3 Å². The molecule has 4 nitrogen and oxygen atoms in total. The van der Waals surface area contributed by atoms with Gasteiger partial charge in [0.2, 0.25) is 0 Å². The molecule has 0 unspecified atom stereocenters. The first-order valence-corrected chi connectivity index (χ1v) is 7.39. The second-order valence-corrected chi connectivity index (χ2v) is 5.74. The smallest absolute Gasteiger partial charge is 0.171 e. The van der Waals surface area contributed by atoms with Crippen molar-refractivity contribution in [1.29, 1.82) is 0 Å². The molecule has 4 aromatic rings. The zero-order valence-corrected chi connectivity index (χ0v) is 11.9. The van der Waals surface area contributed by atoms with Crippen LogP contribution in [0.25, 0.3) is 21.9 Å². The number of fused-ring (bicyclic) bond motifs is 2. The number of aromatic nitrogens is 3. The molecule has 2 aromatic heterocycles. The van der Waals surface area contributed by atoms with Crippen molar-refractivity contribution in [3.63, 3.8) is 0 Å². The van der Waals surface area contributed by atoms with Gasteiger partial charge in [0.05, 0.1) is 22.2 Å². The van der Waals surface area contributed by atoms with E-state index in [2.05, 4.69) is 15.0 Å². The third kappa shape index (κ3) is 2.11. The third-order valence-corrected chi connectivity index (χ3v) is 4.30. The number of nitrogens with one attached hydrogen (secondary N) is 1. The van der Waals surface area contributed by atoms with Crippen LogP contribution in [-0.4, -0.2) is 15.0 Å². The molecule has 0 bridgehead atoms. The number of imidazole rings is 1. The quantitative estimate of drug-likeness (QED) is 0.551. The topological polar surface area (TPSA) is 67.6 Å². The van der Waals surface area contributed by atoms with Gasteiger partial charge in [0.25, 0.3) is 0 Å². The number of nitrogen functional groups attached to an aromatic ring is 1. The van der Waals surface area contributed by atoms with Gasteiger partial charge >= 0.3 is 0 Å². The van der Waals surface area contributed by atoms with Gasteiger partial charge in [-0.2, -0.15) is 0 Å². The van der Waals surface area contributed by atoms with Crippen molar-refractivity contribution in [3.05, 3.63) is 54.7 Å². The molecule has 2 aromatic carbocycles. The second kappa shape index (κ2) is 4.79. The Morgan fingerprint density at radius 1 is 1.00 bits per heavy atom. The average Bonchev–Trinajstić information content (AvgIpc) is 2.93. The summed E-state index contributed by atoms with van der Waals surface area (Å²) >= 11 is 1.59. The van der Waals surface area contributed by atoms with Crippen molar-refractivity contribution >= 4 is 39.4 Å². The minimum atomic E-state index is 0.694. The highest BCUT2D eigenvalue weighted by Crippen LogP contribution is 2.34. The molecule has 3 N–H and O–H groups in total. The average molecular weight is 292 g/mol. The molecule has 0 saturated heterocycles. The Balaban J connectivity index is 1.82. The molecular weight excluding hydrogens is 280 g/mol. The molecule has 5 heteroatoms. The van der Waals surface area contributed by atoms with E-state index >= 15 is 0 Å². The molecule has 4 rings (SSSR count). The van der Waals surface area contributed by atoms with Crippen LogP contribution in [0.3, 0.4) is 0 Å². The van der Waals surface area contributed by atoms with E-state index in [0.717, 1.165) is 32.0 Å². The van der Waals surface area contributed by atoms with Crippen molar-refractivity contribution in [2.24, 2.45) is 0 Å². The third-order valence-electron chi connectivity index (χ3n) is 3.34. The van der Waals surface area contributed by atoms with E-state index in [-0.39, 0.29) is 0 Å². The zero-order valence-electron chi connectivity index (χ0n) is 11.1. The van der Waals surface area contributed by atoms with Crippen molar-refractivity contribution < 1.29 is 0 Å². The molecule has 0 aliphatic rings. The zero-order chi connectivity index (χ0) is 14.2. The Hall–Kier alpha value is -2.53. The predicted molar refractivity (Wildman–Crippen MR) is 86.4 cm³/mol. The highest BCUT2D eigenvalue weighted by molar-refractivity contribution is 7.99. The first-order valence-electron chi connectivity index (χ1n) is 6.57. The molecule has 0 aliphatic carbocycles. The Labute approximate surface area is 125 Å². The SMILES string of the molecule is Nc1ccc(Sc2nc3ccccc3[nH]2)c2cccnc12. The summed E-state index contributed by atoms with van der Waals surface area (Å²) in [6.45, 7) is 0. The number of para-hydroxylation sites is 2. The van der Waals surface area contributed by atoms with E-state index in [1.54, 1.807) is 18.0 Å².